The van der Waals surface area contributed by atoms with E-state index in [1.165, 1.54) is 5.56 Å². The van der Waals surface area contributed by atoms with Gasteiger partial charge in [-0.1, -0.05) is 63.6 Å². The van der Waals surface area contributed by atoms with Crippen molar-refractivity contribution in [1.29, 1.82) is 0 Å². The van der Waals surface area contributed by atoms with Gasteiger partial charge in [0.1, 0.15) is 6.61 Å². The van der Waals surface area contributed by atoms with Gasteiger partial charge in [-0.15, -0.1) is 0 Å². The molecule has 1 saturated heterocycles. The van der Waals surface area contributed by atoms with E-state index in [4.69, 9.17) is 9.47 Å². The van der Waals surface area contributed by atoms with Crippen molar-refractivity contribution < 1.29 is 24.2 Å². The molecule has 0 bridgehead atoms. The van der Waals surface area contributed by atoms with Gasteiger partial charge in [-0.05, 0) is 55.9 Å². The lowest BCUT2D eigenvalue weighted by molar-refractivity contribution is -0.166. The van der Waals surface area contributed by atoms with Crippen LogP contribution in [-0.4, -0.2) is 35.9 Å². The van der Waals surface area contributed by atoms with Crippen molar-refractivity contribution in [1.82, 2.24) is 0 Å². The molecule has 1 aromatic rings. The van der Waals surface area contributed by atoms with Crippen LogP contribution in [0.3, 0.4) is 0 Å². The minimum Gasteiger partial charge on any atom is -0.461 e. The van der Waals surface area contributed by atoms with E-state index in [1.807, 2.05) is 37.3 Å². The summed E-state index contributed by atoms with van der Waals surface area (Å²) in [6, 6.07) is 8.03. The van der Waals surface area contributed by atoms with Crippen LogP contribution in [0.25, 0.3) is 0 Å². The molecule has 5 nitrogen and oxygen atoms in total. The van der Waals surface area contributed by atoms with Crippen LogP contribution in [0.15, 0.2) is 35.9 Å². The average Bonchev–Trinajstić information content (AvgIpc) is 3.05. The Hall–Kier alpha value is -2.14. The molecule has 0 spiro atoms. The van der Waals surface area contributed by atoms with E-state index in [0.717, 1.165) is 24.8 Å². The molecule has 1 aromatic carbocycles. The predicted molar refractivity (Wildman–Crippen MR) is 126 cm³/mol. The lowest BCUT2D eigenvalue weighted by Crippen LogP contribution is -2.39. The second-order valence-corrected chi connectivity index (χ2v) is 10.1. The van der Waals surface area contributed by atoms with Crippen LogP contribution in [0.2, 0.25) is 0 Å². The Morgan fingerprint density at radius 3 is 2.34 bits per heavy atom. The highest BCUT2D eigenvalue weighted by Gasteiger charge is 2.44. The Balaban J connectivity index is 1.90. The fourth-order valence-electron chi connectivity index (χ4n) is 4.30. The number of aryl methyl sites for hydroxylation is 2. The van der Waals surface area contributed by atoms with Crippen molar-refractivity contribution in [3.8, 4) is 0 Å². The highest BCUT2D eigenvalue weighted by atomic mass is 16.6. The van der Waals surface area contributed by atoms with Gasteiger partial charge in [0.2, 0.25) is 0 Å². The maximum absolute atomic E-state index is 12.4. The molecule has 0 unspecified atom stereocenters. The van der Waals surface area contributed by atoms with Crippen molar-refractivity contribution >= 4 is 11.9 Å². The van der Waals surface area contributed by atoms with Crippen LogP contribution >= 0.6 is 0 Å². The summed E-state index contributed by atoms with van der Waals surface area (Å²) in [5.74, 6) is 0.939. The standard InChI is InChI=1S/C27H40O5/c1-19(2)14-23(15-20(3)4)10-12-24-16-27(17-28,32-26(24)30)18-31-25(29)13-11-22-8-6-21(5)7-9-22/h6-9,12,19-20,23,28H,10-11,13-18H2,1-5H3/b24-12+/t27-/m1/s1. The molecule has 0 radical (unpaired) electrons. The first kappa shape index (κ1) is 26.1. The highest BCUT2D eigenvalue weighted by molar-refractivity contribution is 5.91. The normalized spacial score (nSPS) is 19.9. The smallest absolute Gasteiger partial charge is 0.334 e. The minimum atomic E-state index is -1.17. The number of cyclic esters (lactones) is 1. The van der Waals surface area contributed by atoms with E-state index < -0.39 is 11.6 Å². The summed E-state index contributed by atoms with van der Waals surface area (Å²) in [6.07, 6.45) is 6.11. The first-order valence-corrected chi connectivity index (χ1v) is 11.9. The third-order valence-electron chi connectivity index (χ3n) is 5.91. The second kappa shape index (κ2) is 12.2. The summed E-state index contributed by atoms with van der Waals surface area (Å²) in [4.78, 5) is 24.7. The molecule has 1 aliphatic heterocycles. The molecule has 0 aliphatic carbocycles. The number of aliphatic hydroxyl groups is 1. The second-order valence-electron chi connectivity index (χ2n) is 10.1. The topological polar surface area (TPSA) is 72.8 Å². The predicted octanol–water partition coefficient (Wildman–Crippen LogP) is 5.17. The van der Waals surface area contributed by atoms with Crippen molar-refractivity contribution in [2.45, 2.75) is 78.7 Å². The van der Waals surface area contributed by atoms with Crippen molar-refractivity contribution in [3.63, 3.8) is 0 Å². The molecule has 0 saturated carbocycles. The Kier molecular flexibility index (Phi) is 9.95. The van der Waals surface area contributed by atoms with E-state index in [9.17, 15) is 14.7 Å². The summed E-state index contributed by atoms with van der Waals surface area (Å²) in [7, 11) is 0. The molecule has 5 heteroatoms. The Bertz CT molecular complexity index is 768. The van der Waals surface area contributed by atoms with Crippen LogP contribution in [0.5, 0.6) is 0 Å². The third-order valence-corrected chi connectivity index (χ3v) is 5.91. The molecule has 1 fully saturated rings. The monoisotopic (exact) mass is 444 g/mol. The summed E-state index contributed by atoms with van der Waals surface area (Å²) < 4.78 is 10.9. The van der Waals surface area contributed by atoms with Gasteiger partial charge in [0, 0.05) is 18.4 Å². The highest BCUT2D eigenvalue weighted by Crippen LogP contribution is 2.33. The molecule has 1 aliphatic rings. The molecule has 1 heterocycles. The zero-order valence-electron chi connectivity index (χ0n) is 20.4. The molecular formula is C27H40O5. The molecule has 178 valence electrons. The van der Waals surface area contributed by atoms with Gasteiger partial charge < -0.3 is 14.6 Å². The van der Waals surface area contributed by atoms with Crippen LogP contribution in [0.1, 0.15) is 70.9 Å². The lowest BCUT2D eigenvalue weighted by atomic mass is 9.86. The summed E-state index contributed by atoms with van der Waals surface area (Å²) in [6.45, 7) is 10.4. The molecular weight excluding hydrogens is 404 g/mol. The van der Waals surface area contributed by atoms with Gasteiger partial charge in [0.25, 0.3) is 0 Å². The van der Waals surface area contributed by atoms with Crippen LogP contribution in [-0.2, 0) is 25.5 Å². The molecule has 1 atom stereocenters. The fraction of sp³-hybridized carbons (Fsp3) is 0.630. The van der Waals surface area contributed by atoms with Gasteiger partial charge in [0.15, 0.2) is 5.60 Å². The first-order chi connectivity index (χ1) is 15.1. The maximum atomic E-state index is 12.4. The quantitative estimate of drug-likeness (QED) is 0.355. The number of carbonyl (C=O) groups excluding carboxylic acids is 2. The Morgan fingerprint density at radius 2 is 1.78 bits per heavy atom. The third kappa shape index (κ3) is 8.42. The van der Waals surface area contributed by atoms with E-state index in [1.54, 1.807) is 0 Å². The van der Waals surface area contributed by atoms with Gasteiger partial charge >= 0.3 is 11.9 Å². The van der Waals surface area contributed by atoms with E-state index in [-0.39, 0.29) is 32.0 Å². The van der Waals surface area contributed by atoms with Gasteiger partial charge in [0.05, 0.1) is 6.61 Å². The minimum absolute atomic E-state index is 0.124. The number of allylic oxidation sites excluding steroid dienone is 1. The number of aliphatic hydroxyl groups excluding tert-OH is 1. The maximum Gasteiger partial charge on any atom is 0.334 e. The summed E-state index contributed by atoms with van der Waals surface area (Å²) >= 11 is 0. The number of ether oxygens (including phenoxy) is 2. The van der Waals surface area contributed by atoms with Gasteiger partial charge in [-0.25, -0.2) is 4.79 Å². The number of esters is 2. The van der Waals surface area contributed by atoms with E-state index in [0.29, 0.717) is 29.7 Å². The SMILES string of the molecule is Cc1ccc(CCC(=O)OC[C@]2(CO)C/C(=C\CC(CC(C)C)CC(C)C)C(=O)O2)cc1. The Morgan fingerprint density at radius 1 is 1.16 bits per heavy atom. The number of hydrogen-bond donors (Lipinski definition) is 1. The zero-order valence-corrected chi connectivity index (χ0v) is 20.4. The number of rotatable bonds is 12. The van der Waals surface area contributed by atoms with Crippen molar-refractivity contribution in [2.75, 3.05) is 13.2 Å². The fourth-order valence-corrected chi connectivity index (χ4v) is 4.30. The first-order valence-electron chi connectivity index (χ1n) is 11.9. The molecule has 2 rings (SSSR count). The van der Waals surface area contributed by atoms with Crippen LogP contribution < -0.4 is 0 Å². The lowest BCUT2D eigenvalue weighted by Gasteiger charge is -2.24. The largest absolute Gasteiger partial charge is 0.461 e. The van der Waals surface area contributed by atoms with Gasteiger partial charge in [-0.2, -0.15) is 0 Å². The van der Waals surface area contributed by atoms with E-state index in [2.05, 4.69) is 27.7 Å². The zero-order chi connectivity index (χ0) is 23.7. The molecule has 32 heavy (non-hydrogen) atoms. The van der Waals surface area contributed by atoms with E-state index >= 15 is 0 Å². The average molecular weight is 445 g/mol. The molecule has 0 amide bonds. The Labute approximate surface area is 193 Å². The number of hydrogen-bond acceptors (Lipinski definition) is 5. The van der Waals surface area contributed by atoms with Crippen molar-refractivity contribution in [3.05, 3.63) is 47.0 Å². The van der Waals surface area contributed by atoms with Crippen LogP contribution in [0.4, 0.5) is 0 Å². The number of benzene rings is 1. The number of carbonyl (C=O) groups is 2. The summed E-state index contributed by atoms with van der Waals surface area (Å²) in [5.41, 5.74) is 1.65. The van der Waals surface area contributed by atoms with Crippen LogP contribution in [0, 0.1) is 24.7 Å². The molecule has 0 aromatic heterocycles. The van der Waals surface area contributed by atoms with Gasteiger partial charge in [-0.3, -0.25) is 4.79 Å². The summed E-state index contributed by atoms with van der Waals surface area (Å²) in [5, 5.41) is 9.92. The van der Waals surface area contributed by atoms with Crippen molar-refractivity contribution in [2.24, 2.45) is 17.8 Å². The molecule has 1 N–H and O–H groups in total.